The number of benzene rings is 2. The predicted octanol–water partition coefficient (Wildman–Crippen LogP) is 5.04. The number of rotatable bonds is 7. The summed E-state index contributed by atoms with van der Waals surface area (Å²) < 4.78 is 0. The first-order chi connectivity index (χ1) is 13.0. The van der Waals surface area contributed by atoms with Crippen molar-refractivity contribution >= 4 is 34.7 Å². The summed E-state index contributed by atoms with van der Waals surface area (Å²) in [6, 6.07) is 17.0. The molecule has 0 saturated carbocycles. The summed E-state index contributed by atoms with van der Waals surface area (Å²) in [5.74, 6) is 2.11. The molecule has 0 saturated heterocycles. The van der Waals surface area contributed by atoms with E-state index in [-0.39, 0.29) is 5.78 Å². The number of carbonyl (C=O) groups is 1. The molecule has 138 valence electrons. The maximum atomic E-state index is 11.5. The number of carbonyl (C=O) groups excluding carboxylic acids is 1. The summed E-state index contributed by atoms with van der Waals surface area (Å²) in [5.41, 5.74) is 2.64. The van der Waals surface area contributed by atoms with Crippen LogP contribution in [0.15, 0.2) is 54.6 Å². The average Bonchev–Trinajstić information content (AvgIpc) is 2.61. The molecule has 3 rings (SSSR count). The van der Waals surface area contributed by atoms with Gasteiger partial charge in [-0.2, -0.15) is 0 Å². The van der Waals surface area contributed by atoms with Crippen molar-refractivity contribution < 1.29 is 4.79 Å². The van der Waals surface area contributed by atoms with Gasteiger partial charge in [0.1, 0.15) is 17.5 Å². The Bertz CT molecular complexity index is 958. The first-order valence-corrected chi connectivity index (χ1v) is 9.09. The van der Waals surface area contributed by atoms with Crippen LogP contribution in [-0.4, -0.2) is 22.3 Å². The first kappa shape index (κ1) is 18.9. The summed E-state index contributed by atoms with van der Waals surface area (Å²) in [5, 5.41) is 7.30. The lowest BCUT2D eigenvalue weighted by Gasteiger charge is -2.11. The Morgan fingerprint density at radius 2 is 1.81 bits per heavy atom. The van der Waals surface area contributed by atoms with Gasteiger partial charge in [-0.1, -0.05) is 35.9 Å². The molecule has 0 atom stereocenters. The van der Waals surface area contributed by atoms with E-state index in [1.807, 2.05) is 55.5 Å². The second-order valence-corrected chi connectivity index (χ2v) is 6.69. The fourth-order valence-electron chi connectivity index (χ4n) is 2.71. The van der Waals surface area contributed by atoms with E-state index in [2.05, 4.69) is 20.6 Å². The van der Waals surface area contributed by atoms with Crippen LogP contribution in [0, 0.1) is 6.92 Å². The molecule has 0 unspecified atom stereocenters. The molecule has 6 heteroatoms. The maximum absolute atomic E-state index is 11.5. The highest BCUT2D eigenvalue weighted by Crippen LogP contribution is 2.19. The summed E-state index contributed by atoms with van der Waals surface area (Å²) in [6.45, 7) is 4.13. The average molecular weight is 381 g/mol. The van der Waals surface area contributed by atoms with Gasteiger partial charge in [0.05, 0.1) is 0 Å². The van der Waals surface area contributed by atoms with E-state index in [0.29, 0.717) is 17.2 Å². The van der Waals surface area contributed by atoms with E-state index < -0.39 is 0 Å². The molecule has 0 aliphatic heterocycles. The van der Waals surface area contributed by atoms with Crippen LogP contribution in [0.1, 0.15) is 28.7 Å². The number of ketones is 1. The van der Waals surface area contributed by atoms with Gasteiger partial charge in [0, 0.05) is 28.9 Å². The molecule has 0 bridgehead atoms. The van der Waals surface area contributed by atoms with Crippen LogP contribution < -0.4 is 10.6 Å². The minimum atomic E-state index is 0.0286. The van der Waals surface area contributed by atoms with Crippen LogP contribution in [-0.2, 0) is 6.42 Å². The SMILES string of the molecule is CC(=O)c1cccc(Nc2cc(NCCc3cccc(Cl)c3)nc(C)n2)c1. The first-order valence-electron chi connectivity index (χ1n) is 8.71. The Morgan fingerprint density at radius 3 is 2.59 bits per heavy atom. The summed E-state index contributed by atoms with van der Waals surface area (Å²) in [7, 11) is 0. The Balaban J connectivity index is 1.67. The van der Waals surface area contributed by atoms with Gasteiger partial charge in [-0.3, -0.25) is 4.79 Å². The number of anilines is 3. The van der Waals surface area contributed by atoms with Gasteiger partial charge in [-0.05, 0) is 50.1 Å². The lowest BCUT2D eigenvalue weighted by molar-refractivity contribution is 0.101. The smallest absolute Gasteiger partial charge is 0.159 e. The van der Waals surface area contributed by atoms with Gasteiger partial charge in [0.25, 0.3) is 0 Å². The van der Waals surface area contributed by atoms with Crippen LogP contribution in [0.25, 0.3) is 0 Å². The van der Waals surface area contributed by atoms with Crippen LogP contribution >= 0.6 is 11.6 Å². The van der Waals surface area contributed by atoms with Gasteiger partial charge in [0.2, 0.25) is 0 Å². The van der Waals surface area contributed by atoms with Crippen LogP contribution in [0.2, 0.25) is 5.02 Å². The molecule has 0 aliphatic carbocycles. The highest BCUT2D eigenvalue weighted by atomic mass is 35.5. The molecule has 0 fully saturated rings. The van der Waals surface area contributed by atoms with Gasteiger partial charge in [-0.15, -0.1) is 0 Å². The Kier molecular flexibility index (Phi) is 6.04. The number of halogens is 1. The Labute approximate surface area is 163 Å². The standard InChI is InChI=1S/C21H21ClN4O/c1-14(27)17-6-4-8-19(12-17)26-21-13-20(24-15(2)25-21)23-10-9-16-5-3-7-18(22)11-16/h3-8,11-13H,9-10H2,1-2H3,(H2,23,24,25,26). The van der Waals surface area contributed by atoms with Gasteiger partial charge in [0.15, 0.2) is 5.78 Å². The zero-order valence-electron chi connectivity index (χ0n) is 15.3. The van der Waals surface area contributed by atoms with Crippen LogP contribution in [0.4, 0.5) is 17.3 Å². The molecule has 1 aromatic heterocycles. The van der Waals surface area contributed by atoms with E-state index in [1.54, 1.807) is 13.0 Å². The number of Topliss-reactive ketones (excluding diaryl/α,β-unsaturated/α-hetero) is 1. The molecule has 2 aromatic carbocycles. The fourth-order valence-corrected chi connectivity index (χ4v) is 2.93. The number of aryl methyl sites for hydroxylation is 1. The van der Waals surface area contributed by atoms with Crippen molar-refractivity contribution in [1.29, 1.82) is 0 Å². The number of nitrogens with one attached hydrogen (secondary N) is 2. The molecule has 0 aliphatic rings. The molecule has 3 aromatic rings. The lowest BCUT2D eigenvalue weighted by atomic mass is 10.1. The number of hydrogen-bond donors (Lipinski definition) is 2. The largest absolute Gasteiger partial charge is 0.370 e. The third-order valence-corrected chi connectivity index (χ3v) is 4.22. The molecule has 1 heterocycles. The molecule has 0 spiro atoms. The minimum Gasteiger partial charge on any atom is -0.370 e. The van der Waals surface area contributed by atoms with Gasteiger partial charge >= 0.3 is 0 Å². The zero-order valence-corrected chi connectivity index (χ0v) is 16.0. The van der Waals surface area contributed by atoms with Crippen molar-refractivity contribution in [2.75, 3.05) is 17.2 Å². The third kappa shape index (κ3) is 5.53. The molecule has 5 nitrogen and oxygen atoms in total. The van der Waals surface area contributed by atoms with Gasteiger partial charge < -0.3 is 10.6 Å². The highest BCUT2D eigenvalue weighted by molar-refractivity contribution is 6.30. The van der Waals surface area contributed by atoms with Gasteiger partial charge in [-0.25, -0.2) is 9.97 Å². The molecule has 0 amide bonds. The molecular weight excluding hydrogens is 360 g/mol. The number of aromatic nitrogens is 2. The molecular formula is C21H21ClN4O. The second-order valence-electron chi connectivity index (χ2n) is 6.25. The van der Waals surface area contributed by atoms with Crippen molar-refractivity contribution in [3.05, 3.63) is 76.6 Å². The third-order valence-electron chi connectivity index (χ3n) is 3.99. The van der Waals surface area contributed by atoms with Crippen LogP contribution in [0.3, 0.4) is 0 Å². The summed E-state index contributed by atoms with van der Waals surface area (Å²) in [4.78, 5) is 20.4. The quantitative estimate of drug-likeness (QED) is 0.562. The lowest BCUT2D eigenvalue weighted by Crippen LogP contribution is -2.08. The van der Waals surface area contributed by atoms with E-state index >= 15 is 0 Å². The fraction of sp³-hybridized carbons (Fsp3) is 0.190. The van der Waals surface area contributed by atoms with E-state index in [9.17, 15) is 4.79 Å². The van der Waals surface area contributed by atoms with Crippen molar-refractivity contribution in [3.63, 3.8) is 0 Å². The summed E-state index contributed by atoms with van der Waals surface area (Å²) >= 11 is 6.02. The number of nitrogens with zero attached hydrogens (tertiary/aromatic N) is 2. The number of hydrogen-bond acceptors (Lipinski definition) is 5. The van der Waals surface area contributed by atoms with Crippen molar-refractivity contribution in [3.8, 4) is 0 Å². The monoisotopic (exact) mass is 380 g/mol. The minimum absolute atomic E-state index is 0.0286. The van der Waals surface area contributed by atoms with E-state index in [1.165, 1.54) is 5.56 Å². The van der Waals surface area contributed by atoms with E-state index in [4.69, 9.17) is 11.6 Å². The maximum Gasteiger partial charge on any atom is 0.159 e. The Morgan fingerprint density at radius 1 is 1.04 bits per heavy atom. The van der Waals surface area contributed by atoms with E-state index in [0.717, 1.165) is 29.5 Å². The predicted molar refractivity (Wildman–Crippen MR) is 110 cm³/mol. The highest BCUT2D eigenvalue weighted by Gasteiger charge is 2.05. The van der Waals surface area contributed by atoms with Crippen molar-refractivity contribution in [1.82, 2.24) is 9.97 Å². The molecule has 27 heavy (non-hydrogen) atoms. The zero-order chi connectivity index (χ0) is 19.2. The normalized spacial score (nSPS) is 10.5. The Hall–Kier alpha value is -2.92. The molecule has 0 radical (unpaired) electrons. The topological polar surface area (TPSA) is 66.9 Å². The summed E-state index contributed by atoms with van der Waals surface area (Å²) in [6.07, 6.45) is 0.840. The molecule has 2 N–H and O–H groups in total. The van der Waals surface area contributed by atoms with Crippen LogP contribution in [0.5, 0.6) is 0 Å². The van der Waals surface area contributed by atoms with Crippen molar-refractivity contribution in [2.24, 2.45) is 0 Å². The second kappa shape index (κ2) is 8.64. The van der Waals surface area contributed by atoms with Crippen molar-refractivity contribution in [2.45, 2.75) is 20.3 Å².